The van der Waals surface area contributed by atoms with Crippen molar-refractivity contribution < 1.29 is 8.42 Å². The van der Waals surface area contributed by atoms with Gasteiger partial charge in [0.2, 0.25) is 0 Å². The number of hydrogen-bond acceptors (Lipinski definition) is 5. The zero-order chi connectivity index (χ0) is 11.1. The van der Waals surface area contributed by atoms with Crippen molar-refractivity contribution in [3.8, 4) is 0 Å². The lowest BCUT2D eigenvalue weighted by molar-refractivity contribution is 0.588. The van der Waals surface area contributed by atoms with E-state index in [2.05, 4.69) is 9.97 Å². The van der Waals surface area contributed by atoms with E-state index in [1.807, 2.05) is 0 Å². The molecular formula is C9H13N3O2S. The highest BCUT2D eigenvalue weighted by atomic mass is 32.2. The maximum atomic E-state index is 11.5. The number of nitrogens with two attached hydrogens (primary N) is 1. The van der Waals surface area contributed by atoms with Gasteiger partial charge in [0.25, 0.3) is 0 Å². The van der Waals surface area contributed by atoms with Crippen molar-refractivity contribution in [3.63, 3.8) is 0 Å². The number of sulfone groups is 1. The summed E-state index contributed by atoms with van der Waals surface area (Å²) >= 11 is 0. The van der Waals surface area contributed by atoms with Crippen LogP contribution in [0.1, 0.15) is 29.9 Å². The lowest BCUT2D eigenvalue weighted by atomic mass is 10.1. The Bertz CT molecular complexity index is 482. The first-order valence-electron chi connectivity index (χ1n) is 4.78. The number of rotatable bonds is 1. The van der Waals surface area contributed by atoms with Crippen molar-refractivity contribution in [2.45, 2.75) is 25.1 Å². The zero-order valence-electron chi connectivity index (χ0n) is 8.47. The summed E-state index contributed by atoms with van der Waals surface area (Å²) in [4.78, 5) is 8.15. The van der Waals surface area contributed by atoms with E-state index in [4.69, 9.17) is 5.73 Å². The molecule has 0 radical (unpaired) electrons. The molecule has 6 heteroatoms. The monoisotopic (exact) mass is 227 g/mol. The van der Waals surface area contributed by atoms with Gasteiger partial charge in [0.05, 0.1) is 17.2 Å². The summed E-state index contributed by atoms with van der Waals surface area (Å²) < 4.78 is 23.0. The summed E-state index contributed by atoms with van der Waals surface area (Å²) in [6, 6.07) is -0.255. The van der Waals surface area contributed by atoms with Gasteiger partial charge in [0.15, 0.2) is 9.84 Å². The minimum Gasteiger partial charge on any atom is -0.323 e. The highest BCUT2D eigenvalue weighted by Crippen LogP contribution is 2.23. The van der Waals surface area contributed by atoms with Gasteiger partial charge in [-0.05, 0) is 6.92 Å². The van der Waals surface area contributed by atoms with Crippen molar-refractivity contribution in [3.05, 3.63) is 23.3 Å². The van der Waals surface area contributed by atoms with E-state index in [0.717, 1.165) is 5.69 Å². The van der Waals surface area contributed by atoms with E-state index in [9.17, 15) is 8.42 Å². The van der Waals surface area contributed by atoms with Crippen molar-refractivity contribution in [2.24, 2.45) is 5.73 Å². The Morgan fingerprint density at radius 1 is 1.47 bits per heavy atom. The lowest BCUT2D eigenvalue weighted by Gasteiger charge is -2.19. The van der Waals surface area contributed by atoms with Crippen LogP contribution in [0, 0.1) is 0 Å². The molecule has 0 bridgehead atoms. The first-order valence-corrected chi connectivity index (χ1v) is 6.60. The molecule has 1 aromatic heterocycles. The molecule has 0 amide bonds. The summed E-state index contributed by atoms with van der Waals surface area (Å²) in [5.74, 6) is 0.204. The van der Waals surface area contributed by atoms with E-state index in [1.54, 1.807) is 6.92 Å². The van der Waals surface area contributed by atoms with Gasteiger partial charge in [-0.15, -0.1) is 0 Å². The molecule has 82 valence electrons. The van der Waals surface area contributed by atoms with Gasteiger partial charge in [0.1, 0.15) is 6.33 Å². The fourth-order valence-electron chi connectivity index (χ4n) is 1.77. The van der Waals surface area contributed by atoms with Gasteiger partial charge < -0.3 is 5.73 Å². The molecule has 1 atom stereocenters. The third-order valence-electron chi connectivity index (χ3n) is 2.51. The molecule has 0 fully saturated rings. The Balaban J connectivity index is 2.55. The van der Waals surface area contributed by atoms with Gasteiger partial charge >= 0.3 is 0 Å². The summed E-state index contributed by atoms with van der Waals surface area (Å²) in [6.45, 7) is 1.80. The Kier molecular flexibility index (Phi) is 2.47. The quantitative estimate of drug-likeness (QED) is 0.728. The SMILES string of the molecule is CC(N)c1ncnc2c1CS(=O)(=O)CC2. The normalized spacial score (nSPS) is 20.7. The van der Waals surface area contributed by atoms with Gasteiger partial charge in [0, 0.05) is 23.7 Å². The number of hydrogen-bond donors (Lipinski definition) is 1. The van der Waals surface area contributed by atoms with Crippen molar-refractivity contribution in [1.29, 1.82) is 0 Å². The third-order valence-corrected chi connectivity index (χ3v) is 4.07. The lowest BCUT2D eigenvalue weighted by Crippen LogP contribution is -2.24. The number of aromatic nitrogens is 2. The fourth-order valence-corrected chi connectivity index (χ4v) is 3.18. The molecule has 2 N–H and O–H groups in total. The molecule has 1 unspecified atom stereocenters. The van der Waals surface area contributed by atoms with Crippen LogP contribution in [0.2, 0.25) is 0 Å². The average Bonchev–Trinajstić information content (AvgIpc) is 2.15. The van der Waals surface area contributed by atoms with Gasteiger partial charge in [-0.1, -0.05) is 0 Å². The van der Waals surface area contributed by atoms with E-state index in [0.29, 0.717) is 17.7 Å². The first kappa shape index (κ1) is 10.5. The molecule has 15 heavy (non-hydrogen) atoms. The van der Waals surface area contributed by atoms with Crippen LogP contribution < -0.4 is 5.73 Å². The zero-order valence-corrected chi connectivity index (χ0v) is 9.29. The minimum atomic E-state index is -2.99. The van der Waals surface area contributed by atoms with Gasteiger partial charge in [-0.25, -0.2) is 18.4 Å². The van der Waals surface area contributed by atoms with Crippen molar-refractivity contribution in [1.82, 2.24) is 9.97 Å². The molecule has 5 nitrogen and oxygen atoms in total. The van der Waals surface area contributed by atoms with E-state index < -0.39 is 9.84 Å². The maximum Gasteiger partial charge on any atom is 0.154 e. The molecule has 0 spiro atoms. The van der Waals surface area contributed by atoms with Crippen LogP contribution in [0.4, 0.5) is 0 Å². The summed E-state index contributed by atoms with van der Waals surface area (Å²) in [5.41, 5.74) is 7.93. The Labute approximate surface area is 88.7 Å². The molecule has 2 heterocycles. The molecule has 1 aliphatic heterocycles. The van der Waals surface area contributed by atoms with Crippen LogP contribution in [0.15, 0.2) is 6.33 Å². The predicted molar refractivity (Wildman–Crippen MR) is 55.8 cm³/mol. The molecule has 0 saturated carbocycles. The number of nitrogens with zero attached hydrogens (tertiary/aromatic N) is 2. The Morgan fingerprint density at radius 2 is 2.20 bits per heavy atom. The molecule has 1 aliphatic rings. The fraction of sp³-hybridized carbons (Fsp3) is 0.556. The summed E-state index contributed by atoms with van der Waals surface area (Å²) in [7, 11) is -2.99. The van der Waals surface area contributed by atoms with Crippen LogP contribution in [-0.4, -0.2) is 24.1 Å². The maximum absolute atomic E-state index is 11.5. The predicted octanol–water partition coefficient (Wildman–Crippen LogP) is -0.0328. The second kappa shape index (κ2) is 3.53. The van der Waals surface area contributed by atoms with Crippen molar-refractivity contribution >= 4 is 9.84 Å². The Morgan fingerprint density at radius 3 is 2.87 bits per heavy atom. The third kappa shape index (κ3) is 2.00. The number of fused-ring (bicyclic) bond motifs is 1. The smallest absolute Gasteiger partial charge is 0.154 e. The molecular weight excluding hydrogens is 214 g/mol. The van der Waals surface area contributed by atoms with Gasteiger partial charge in [-0.3, -0.25) is 0 Å². The van der Waals surface area contributed by atoms with E-state index in [-0.39, 0.29) is 17.5 Å². The van der Waals surface area contributed by atoms with Crippen LogP contribution in [0.3, 0.4) is 0 Å². The van der Waals surface area contributed by atoms with Crippen LogP contribution in [0.5, 0.6) is 0 Å². The van der Waals surface area contributed by atoms with Crippen LogP contribution in [0.25, 0.3) is 0 Å². The molecule has 1 aromatic rings. The van der Waals surface area contributed by atoms with E-state index in [1.165, 1.54) is 6.33 Å². The summed E-state index contributed by atoms with van der Waals surface area (Å²) in [5, 5.41) is 0. The second-order valence-electron chi connectivity index (χ2n) is 3.81. The topological polar surface area (TPSA) is 85.9 Å². The first-order chi connectivity index (χ1) is 6.99. The molecule has 0 saturated heterocycles. The van der Waals surface area contributed by atoms with Crippen molar-refractivity contribution in [2.75, 3.05) is 5.75 Å². The standard InChI is InChI=1S/C9H13N3O2S/c1-6(10)9-7-4-15(13,14)3-2-8(7)11-5-12-9/h5-6H,2-4,10H2,1H3. The highest BCUT2D eigenvalue weighted by molar-refractivity contribution is 7.90. The number of aryl methyl sites for hydroxylation is 1. The highest BCUT2D eigenvalue weighted by Gasteiger charge is 2.26. The molecule has 0 aliphatic carbocycles. The average molecular weight is 227 g/mol. The van der Waals surface area contributed by atoms with Crippen LogP contribution >= 0.6 is 0 Å². The molecule has 2 rings (SSSR count). The summed E-state index contributed by atoms with van der Waals surface area (Å²) in [6.07, 6.45) is 1.93. The second-order valence-corrected chi connectivity index (χ2v) is 6.00. The largest absolute Gasteiger partial charge is 0.323 e. The van der Waals surface area contributed by atoms with Gasteiger partial charge in [-0.2, -0.15) is 0 Å². The Hall–Kier alpha value is -1.01. The van der Waals surface area contributed by atoms with Crippen LogP contribution in [-0.2, 0) is 22.0 Å². The molecule has 0 aromatic carbocycles. The van der Waals surface area contributed by atoms with E-state index >= 15 is 0 Å². The minimum absolute atomic E-state index is 0.0278.